The monoisotopic (exact) mass is 274 g/mol. The molecule has 0 radical (unpaired) electrons. The molecule has 1 rings (SSSR count). The van der Waals surface area contributed by atoms with Crippen LogP contribution in [-0.4, -0.2) is 39.3 Å². The van der Waals surface area contributed by atoms with Crippen molar-refractivity contribution in [3.63, 3.8) is 0 Å². The fourth-order valence-electron chi connectivity index (χ4n) is 1.46. The van der Waals surface area contributed by atoms with Crippen LogP contribution in [0.3, 0.4) is 0 Å². The normalized spacial score (nSPS) is 12.2. The first-order valence-corrected chi connectivity index (χ1v) is 5.88. The molecule has 100 valence electrons. The summed E-state index contributed by atoms with van der Waals surface area (Å²) in [6.45, 7) is 2.25. The molecule has 6 nitrogen and oxygen atoms in total. The van der Waals surface area contributed by atoms with Crippen LogP contribution in [0.15, 0.2) is 12.3 Å². The smallest absolute Gasteiger partial charge is 0.334 e. The number of halogens is 1. The Hall–Kier alpha value is -1.53. The van der Waals surface area contributed by atoms with Gasteiger partial charge >= 0.3 is 5.97 Å². The van der Waals surface area contributed by atoms with Crippen LogP contribution in [0.25, 0.3) is 0 Å². The molecule has 0 saturated heterocycles. The summed E-state index contributed by atoms with van der Waals surface area (Å²) in [4.78, 5) is 22.2. The van der Waals surface area contributed by atoms with Crippen molar-refractivity contribution < 1.29 is 19.8 Å². The number of nitrogens with one attached hydrogen (secondary N) is 1. The number of aromatic nitrogens is 1. The number of hydrogen-bond acceptors (Lipinski definition) is 3. The van der Waals surface area contributed by atoms with E-state index in [2.05, 4.69) is 5.32 Å². The minimum Gasteiger partial charge on any atom is -0.479 e. The summed E-state index contributed by atoms with van der Waals surface area (Å²) in [6.07, 6.45) is 0.857. The number of hydrogen-bond donors (Lipinski definition) is 3. The van der Waals surface area contributed by atoms with Crippen molar-refractivity contribution in [2.24, 2.45) is 0 Å². The molecule has 0 unspecified atom stereocenters. The molecule has 0 aliphatic rings. The highest BCUT2D eigenvalue weighted by Crippen LogP contribution is 2.14. The first-order chi connectivity index (χ1) is 8.45. The number of carbonyl (C=O) groups is 2. The molecule has 0 fully saturated rings. The summed E-state index contributed by atoms with van der Waals surface area (Å²) in [6, 6.07) is 1.50. The lowest BCUT2D eigenvalue weighted by atomic mass is 10.3. The van der Waals surface area contributed by atoms with E-state index in [0.29, 0.717) is 17.3 Å². The maximum Gasteiger partial charge on any atom is 0.334 e. The van der Waals surface area contributed by atoms with Crippen LogP contribution in [-0.2, 0) is 11.3 Å². The van der Waals surface area contributed by atoms with E-state index in [1.165, 1.54) is 6.07 Å². The fraction of sp³-hybridized carbons (Fsp3) is 0.455. The first-order valence-electron chi connectivity index (χ1n) is 5.50. The van der Waals surface area contributed by atoms with Gasteiger partial charge in [-0.05, 0) is 12.5 Å². The lowest BCUT2D eigenvalue weighted by molar-refractivity contribution is -0.146. The number of aliphatic hydroxyl groups excluding tert-OH is 1. The van der Waals surface area contributed by atoms with Crippen LogP contribution in [0.5, 0.6) is 0 Å². The number of amides is 1. The number of aryl methyl sites for hydroxylation is 1. The van der Waals surface area contributed by atoms with E-state index in [4.69, 9.17) is 21.8 Å². The number of carboxylic acids is 1. The van der Waals surface area contributed by atoms with Gasteiger partial charge in [-0.25, -0.2) is 4.79 Å². The number of carboxylic acid groups (broad SMARTS) is 1. The molecule has 0 aliphatic carbocycles. The Labute approximate surface area is 109 Å². The molecule has 18 heavy (non-hydrogen) atoms. The SMILES string of the molecule is CCCn1cc(Cl)cc1C(=O)NC[C@H](O)C(=O)O. The second-order valence-electron chi connectivity index (χ2n) is 3.80. The molecule has 1 amide bonds. The number of aliphatic hydroxyl groups is 1. The van der Waals surface area contributed by atoms with Crippen LogP contribution >= 0.6 is 11.6 Å². The minimum absolute atomic E-state index is 0.344. The van der Waals surface area contributed by atoms with Crippen molar-refractivity contribution in [1.82, 2.24) is 9.88 Å². The van der Waals surface area contributed by atoms with Gasteiger partial charge < -0.3 is 20.1 Å². The standard InChI is InChI=1S/C11H15ClN2O4/c1-2-3-14-6-7(12)4-8(14)10(16)13-5-9(15)11(17)18/h4,6,9,15H,2-3,5H2,1H3,(H,13,16)(H,17,18)/t9-/m0/s1. The van der Waals surface area contributed by atoms with Crippen molar-refractivity contribution in [2.45, 2.75) is 26.0 Å². The third-order valence-corrected chi connectivity index (χ3v) is 2.51. The fourth-order valence-corrected chi connectivity index (χ4v) is 1.68. The molecule has 1 aromatic heterocycles. The second kappa shape index (κ2) is 6.42. The quantitative estimate of drug-likeness (QED) is 0.713. The molecule has 0 aromatic carbocycles. The van der Waals surface area contributed by atoms with Crippen molar-refractivity contribution >= 4 is 23.5 Å². The lowest BCUT2D eigenvalue weighted by Gasteiger charge is -2.10. The topological polar surface area (TPSA) is 91.6 Å². The maximum atomic E-state index is 11.8. The van der Waals surface area contributed by atoms with Gasteiger partial charge in [-0.1, -0.05) is 18.5 Å². The van der Waals surface area contributed by atoms with Crippen LogP contribution in [0, 0.1) is 0 Å². The molecule has 1 heterocycles. The molecule has 1 atom stereocenters. The van der Waals surface area contributed by atoms with Gasteiger partial charge in [0.2, 0.25) is 0 Å². The molecule has 1 aromatic rings. The van der Waals surface area contributed by atoms with Gasteiger partial charge in [-0.3, -0.25) is 4.79 Å². The molecule has 3 N–H and O–H groups in total. The summed E-state index contributed by atoms with van der Waals surface area (Å²) in [7, 11) is 0. The van der Waals surface area contributed by atoms with E-state index in [1.54, 1.807) is 10.8 Å². The molecule has 0 bridgehead atoms. The first kappa shape index (κ1) is 14.5. The average molecular weight is 275 g/mol. The zero-order chi connectivity index (χ0) is 13.7. The largest absolute Gasteiger partial charge is 0.479 e. The van der Waals surface area contributed by atoms with Gasteiger partial charge in [0, 0.05) is 12.7 Å². The molecule has 0 saturated carbocycles. The summed E-state index contributed by atoms with van der Waals surface area (Å²) in [5.74, 6) is -1.84. The third-order valence-electron chi connectivity index (χ3n) is 2.30. The van der Waals surface area contributed by atoms with Crippen LogP contribution in [0.4, 0.5) is 0 Å². The number of nitrogens with zero attached hydrogens (tertiary/aromatic N) is 1. The van der Waals surface area contributed by atoms with E-state index in [-0.39, 0.29) is 6.54 Å². The third kappa shape index (κ3) is 3.75. The van der Waals surface area contributed by atoms with Crippen LogP contribution in [0.1, 0.15) is 23.8 Å². The van der Waals surface area contributed by atoms with Gasteiger partial charge in [0.05, 0.1) is 11.6 Å². The van der Waals surface area contributed by atoms with E-state index >= 15 is 0 Å². The van der Waals surface area contributed by atoms with Gasteiger partial charge in [0.15, 0.2) is 6.10 Å². The van der Waals surface area contributed by atoms with E-state index in [0.717, 1.165) is 6.42 Å². The zero-order valence-corrected chi connectivity index (χ0v) is 10.6. The molecular weight excluding hydrogens is 260 g/mol. The summed E-state index contributed by atoms with van der Waals surface area (Å²) >= 11 is 5.81. The van der Waals surface area contributed by atoms with E-state index in [1.807, 2.05) is 6.92 Å². The van der Waals surface area contributed by atoms with Crippen molar-refractivity contribution in [1.29, 1.82) is 0 Å². The summed E-state index contributed by atoms with van der Waals surface area (Å²) in [5, 5.41) is 20.3. The average Bonchev–Trinajstić information content (AvgIpc) is 2.67. The van der Waals surface area contributed by atoms with Gasteiger partial charge in [0.25, 0.3) is 5.91 Å². The van der Waals surface area contributed by atoms with Crippen LogP contribution < -0.4 is 5.32 Å². The molecule has 0 spiro atoms. The predicted molar refractivity (Wildman–Crippen MR) is 65.7 cm³/mol. The van der Waals surface area contributed by atoms with Gasteiger partial charge in [-0.2, -0.15) is 0 Å². The number of aliphatic carboxylic acids is 1. The Balaban J connectivity index is 2.69. The Morgan fingerprint density at radius 3 is 2.78 bits per heavy atom. The maximum absolute atomic E-state index is 11.8. The number of carbonyl (C=O) groups excluding carboxylic acids is 1. The molecule has 7 heteroatoms. The Morgan fingerprint density at radius 1 is 1.56 bits per heavy atom. The number of rotatable bonds is 6. The Morgan fingerprint density at radius 2 is 2.22 bits per heavy atom. The highest BCUT2D eigenvalue weighted by molar-refractivity contribution is 6.31. The second-order valence-corrected chi connectivity index (χ2v) is 4.24. The summed E-state index contributed by atoms with van der Waals surface area (Å²) in [5.41, 5.74) is 0.347. The Kier molecular flexibility index (Phi) is 5.18. The van der Waals surface area contributed by atoms with E-state index in [9.17, 15) is 9.59 Å². The summed E-state index contributed by atoms with van der Waals surface area (Å²) < 4.78 is 1.69. The Bertz CT molecular complexity index is 444. The van der Waals surface area contributed by atoms with Crippen molar-refractivity contribution in [3.8, 4) is 0 Å². The molecular formula is C11H15ClN2O4. The van der Waals surface area contributed by atoms with Crippen LogP contribution in [0.2, 0.25) is 5.02 Å². The minimum atomic E-state index is -1.61. The van der Waals surface area contributed by atoms with Crippen molar-refractivity contribution in [2.75, 3.05) is 6.54 Å². The highest BCUT2D eigenvalue weighted by Gasteiger charge is 2.17. The van der Waals surface area contributed by atoms with Gasteiger partial charge in [-0.15, -0.1) is 0 Å². The van der Waals surface area contributed by atoms with Gasteiger partial charge in [0.1, 0.15) is 5.69 Å². The highest BCUT2D eigenvalue weighted by atomic mass is 35.5. The molecule has 0 aliphatic heterocycles. The lowest BCUT2D eigenvalue weighted by Crippen LogP contribution is -2.37. The zero-order valence-electron chi connectivity index (χ0n) is 9.89. The van der Waals surface area contributed by atoms with E-state index < -0.39 is 18.0 Å². The predicted octanol–water partition coefficient (Wildman–Crippen LogP) is 0.727. The van der Waals surface area contributed by atoms with Crippen molar-refractivity contribution in [3.05, 3.63) is 23.0 Å².